The Hall–Kier alpha value is -3.07. The van der Waals surface area contributed by atoms with Gasteiger partial charge in [0.1, 0.15) is 5.03 Å². The fraction of sp³-hybridized carbons (Fsp3) is 0.294. The quantitative estimate of drug-likeness (QED) is 0.367. The van der Waals surface area contributed by atoms with Crippen molar-refractivity contribution >= 4 is 28.1 Å². The summed E-state index contributed by atoms with van der Waals surface area (Å²) in [4.78, 5) is 25.3. The zero-order valence-electron chi connectivity index (χ0n) is 15.8. The normalized spacial score (nSPS) is 15.0. The van der Waals surface area contributed by atoms with E-state index >= 15 is 0 Å². The Labute approximate surface area is 177 Å². The van der Waals surface area contributed by atoms with E-state index in [2.05, 4.69) is 4.98 Å². The summed E-state index contributed by atoms with van der Waals surface area (Å²) in [6.07, 6.45) is -9.39. The number of nitro benzene ring substituents is 1. The summed E-state index contributed by atoms with van der Waals surface area (Å²) in [6, 6.07) is 2.86. The number of nitrogens with zero attached hydrogens (tertiary/aromatic N) is 2. The van der Waals surface area contributed by atoms with Crippen LogP contribution in [0.5, 0.6) is 0 Å². The molecule has 1 aromatic heterocycles. The van der Waals surface area contributed by atoms with Gasteiger partial charge in [-0.15, -0.1) is 0 Å². The second-order valence-electron chi connectivity index (χ2n) is 6.59. The number of aromatic nitrogens is 1. The molecule has 8 nitrogen and oxygen atoms in total. The predicted molar refractivity (Wildman–Crippen MR) is 97.9 cm³/mol. The zero-order chi connectivity index (χ0) is 24.5. The fourth-order valence-electron chi connectivity index (χ4n) is 2.32. The minimum absolute atomic E-state index is 0.189. The largest absolute Gasteiger partial charge is 0.418 e. The van der Waals surface area contributed by atoms with Gasteiger partial charge in [-0.3, -0.25) is 19.1 Å². The van der Waals surface area contributed by atoms with Crippen molar-refractivity contribution in [2.24, 2.45) is 0 Å². The summed E-state index contributed by atoms with van der Waals surface area (Å²) in [7, 11) is -2.30. The third-order valence-electron chi connectivity index (χ3n) is 3.97. The van der Waals surface area contributed by atoms with Gasteiger partial charge < -0.3 is 10.4 Å². The van der Waals surface area contributed by atoms with Crippen LogP contribution in [0.2, 0.25) is 0 Å². The van der Waals surface area contributed by atoms with E-state index in [-0.39, 0.29) is 6.07 Å². The summed E-state index contributed by atoms with van der Waals surface area (Å²) >= 11 is 0. The van der Waals surface area contributed by atoms with Crippen LogP contribution in [0.3, 0.4) is 0 Å². The van der Waals surface area contributed by atoms with Crippen molar-refractivity contribution in [2.45, 2.75) is 29.9 Å². The molecule has 1 amide bonds. The van der Waals surface area contributed by atoms with E-state index in [9.17, 15) is 50.6 Å². The molecule has 0 aliphatic heterocycles. The Morgan fingerprint density at radius 1 is 1.16 bits per heavy atom. The SMILES string of the molecule is CC(O)(CS(=O)c1ccc(C(F)(F)F)cn1)C(=O)Nc1ccc([N+](=O)[O-])cc1C(F)(F)F. The van der Waals surface area contributed by atoms with Gasteiger partial charge in [-0.25, -0.2) is 4.98 Å². The van der Waals surface area contributed by atoms with Gasteiger partial charge in [-0.05, 0) is 25.1 Å². The first-order chi connectivity index (χ1) is 14.5. The molecule has 2 atom stereocenters. The van der Waals surface area contributed by atoms with E-state index in [0.717, 1.165) is 13.0 Å². The first kappa shape index (κ1) is 25.2. The van der Waals surface area contributed by atoms with Gasteiger partial charge in [0.15, 0.2) is 5.60 Å². The van der Waals surface area contributed by atoms with Crippen LogP contribution in [-0.2, 0) is 27.9 Å². The van der Waals surface area contributed by atoms with Gasteiger partial charge in [0.25, 0.3) is 11.6 Å². The lowest BCUT2D eigenvalue weighted by atomic mass is 10.1. The lowest BCUT2D eigenvalue weighted by Crippen LogP contribution is -2.45. The van der Waals surface area contributed by atoms with Crippen molar-refractivity contribution in [3.8, 4) is 0 Å². The molecule has 0 saturated heterocycles. The zero-order valence-corrected chi connectivity index (χ0v) is 16.6. The van der Waals surface area contributed by atoms with Gasteiger partial charge in [0, 0.05) is 18.3 Å². The smallest absolute Gasteiger partial charge is 0.379 e. The fourth-order valence-corrected chi connectivity index (χ4v) is 3.50. The number of non-ortho nitro benzene ring substituents is 1. The number of alkyl halides is 6. The van der Waals surface area contributed by atoms with E-state index in [4.69, 9.17) is 0 Å². The molecule has 15 heteroatoms. The van der Waals surface area contributed by atoms with Gasteiger partial charge >= 0.3 is 12.4 Å². The first-order valence-corrected chi connectivity index (χ1v) is 9.65. The number of pyridine rings is 1. The third-order valence-corrected chi connectivity index (χ3v) is 5.50. The minimum Gasteiger partial charge on any atom is -0.379 e. The van der Waals surface area contributed by atoms with Crippen LogP contribution < -0.4 is 5.32 Å². The molecular weight excluding hydrogens is 472 g/mol. The van der Waals surface area contributed by atoms with Gasteiger partial charge in [-0.2, -0.15) is 26.3 Å². The molecule has 2 N–H and O–H groups in total. The average Bonchev–Trinajstić information content (AvgIpc) is 2.66. The van der Waals surface area contributed by atoms with Gasteiger partial charge in [0.05, 0.1) is 38.3 Å². The Balaban J connectivity index is 2.22. The van der Waals surface area contributed by atoms with Crippen molar-refractivity contribution in [3.05, 3.63) is 57.8 Å². The highest BCUT2D eigenvalue weighted by Crippen LogP contribution is 2.37. The van der Waals surface area contributed by atoms with Gasteiger partial charge in [0.2, 0.25) is 0 Å². The molecule has 0 spiro atoms. The van der Waals surface area contributed by atoms with Crippen molar-refractivity contribution in [2.75, 3.05) is 11.1 Å². The molecule has 1 heterocycles. The maximum absolute atomic E-state index is 13.2. The summed E-state index contributed by atoms with van der Waals surface area (Å²) in [6.45, 7) is 0.822. The molecule has 0 aliphatic rings. The Kier molecular flexibility index (Phi) is 6.94. The van der Waals surface area contributed by atoms with Crippen molar-refractivity contribution in [1.82, 2.24) is 4.98 Å². The number of amides is 1. The topological polar surface area (TPSA) is 122 Å². The number of aliphatic hydroxyl groups is 1. The Morgan fingerprint density at radius 2 is 1.78 bits per heavy atom. The summed E-state index contributed by atoms with van der Waals surface area (Å²) in [5, 5.41) is 22.4. The van der Waals surface area contributed by atoms with Crippen LogP contribution in [0.1, 0.15) is 18.1 Å². The lowest BCUT2D eigenvalue weighted by molar-refractivity contribution is -0.385. The highest BCUT2D eigenvalue weighted by atomic mass is 32.2. The molecule has 2 unspecified atom stereocenters. The number of nitro groups is 1. The average molecular weight is 485 g/mol. The van der Waals surface area contributed by atoms with Crippen LogP contribution >= 0.6 is 0 Å². The molecule has 0 aliphatic carbocycles. The maximum atomic E-state index is 13.2. The van der Waals surface area contributed by atoms with E-state index < -0.39 is 72.9 Å². The van der Waals surface area contributed by atoms with Crippen LogP contribution in [0.25, 0.3) is 0 Å². The molecule has 2 aromatic rings. The number of nitrogens with one attached hydrogen (secondary N) is 1. The molecule has 1 aromatic carbocycles. The number of carbonyl (C=O) groups excluding carboxylic acids is 1. The van der Waals surface area contributed by atoms with E-state index in [1.807, 2.05) is 0 Å². The number of hydrogen-bond acceptors (Lipinski definition) is 6. The first-order valence-electron chi connectivity index (χ1n) is 8.33. The van der Waals surface area contributed by atoms with Crippen LogP contribution in [0.4, 0.5) is 37.7 Å². The summed E-state index contributed by atoms with van der Waals surface area (Å²) in [5.74, 6) is -2.34. The number of rotatable bonds is 6. The molecule has 0 bridgehead atoms. The minimum atomic E-state index is -5.09. The second kappa shape index (κ2) is 8.82. The van der Waals surface area contributed by atoms with Crippen molar-refractivity contribution < 1.29 is 45.4 Å². The molecular formula is C17H13F6N3O5S. The Morgan fingerprint density at radius 3 is 2.25 bits per heavy atom. The van der Waals surface area contributed by atoms with Crippen molar-refractivity contribution in [1.29, 1.82) is 0 Å². The van der Waals surface area contributed by atoms with Crippen LogP contribution in [-0.4, -0.2) is 36.5 Å². The summed E-state index contributed by atoms with van der Waals surface area (Å²) < 4.78 is 89.6. The van der Waals surface area contributed by atoms with E-state index in [0.29, 0.717) is 24.4 Å². The molecule has 174 valence electrons. The Bertz CT molecular complexity index is 1050. The van der Waals surface area contributed by atoms with E-state index in [1.165, 1.54) is 0 Å². The predicted octanol–water partition coefficient (Wildman–Crippen LogP) is 3.52. The molecule has 32 heavy (non-hydrogen) atoms. The highest BCUT2D eigenvalue weighted by molar-refractivity contribution is 7.85. The van der Waals surface area contributed by atoms with E-state index in [1.54, 1.807) is 5.32 Å². The molecule has 0 fully saturated rings. The number of benzene rings is 1. The second-order valence-corrected chi connectivity index (χ2v) is 7.98. The molecule has 0 saturated carbocycles. The monoisotopic (exact) mass is 485 g/mol. The third kappa shape index (κ3) is 6.00. The number of carbonyl (C=O) groups is 1. The van der Waals surface area contributed by atoms with Crippen LogP contribution in [0.15, 0.2) is 41.6 Å². The number of anilines is 1. The number of halogens is 6. The standard InChI is InChI=1S/C17H13F6N3O5S/c1-15(28,8-32(31)13-5-2-9(7-24-13)16(18,19)20)14(27)25-12-4-3-10(26(29)30)6-11(12)17(21,22)23/h2-7,28H,8H2,1H3,(H,25,27). The van der Waals surface area contributed by atoms with Crippen LogP contribution in [0, 0.1) is 10.1 Å². The maximum Gasteiger partial charge on any atom is 0.418 e. The highest BCUT2D eigenvalue weighted by Gasteiger charge is 2.39. The molecule has 0 radical (unpaired) electrons. The lowest BCUT2D eigenvalue weighted by Gasteiger charge is -2.23. The van der Waals surface area contributed by atoms with Gasteiger partial charge in [-0.1, -0.05) is 0 Å². The summed E-state index contributed by atoms with van der Waals surface area (Å²) in [5.41, 5.74) is -7.01. The number of hydrogen-bond donors (Lipinski definition) is 2. The molecule has 2 rings (SSSR count). The van der Waals surface area contributed by atoms with Crippen molar-refractivity contribution in [3.63, 3.8) is 0 Å².